The molecule has 2 aromatic carbocycles. The summed E-state index contributed by atoms with van der Waals surface area (Å²) in [5.41, 5.74) is 8.25. The molecule has 2 aromatic rings. The summed E-state index contributed by atoms with van der Waals surface area (Å²) < 4.78 is 6.60. The summed E-state index contributed by atoms with van der Waals surface area (Å²) in [6.45, 7) is 3.93. The molecule has 0 unspecified atom stereocenters. The van der Waals surface area contributed by atoms with Crippen molar-refractivity contribution in [2.45, 2.75) is 20.0 Å². The standard InChI is InChI=1S/C15H16BrClN2O/c1-9(2)20-14-5-3-4-13(15(14)18)19-12-7-6-10(16)8-11(12)17/h3-9,19H,18H2,1-2H3. The van der Waals surface area contributed by atoms with Crippen LogP contribution in [-0.4, -0.2) is 6.10 Å². The molecule has 0 aliphatic heterocycles. The molecule has 0 spiro atoms. The maximum absolute atomic E-state index is 6.19. The molecule has 0 amide bonds. The first kappa shape index (κ1) is 15.0. The molecule has 3 N–H and O–H groups in total. The van der Waals surface area contributed by atoms with Crippen molar-refractivity contribution in [1.29, 1.82) is 0 Å². The number of ether oxygens (including phenoxy) is 1. The zero-order valence-electron chi connectivity index (χ0n) is 11.3. The van der Waals surface area contributed by atoms with E-state index in [9.17, 15) is 0 Å². The molecule has 5 heteroatoms. The fraction of sp³-hybridized carbons (Fsp3) is 0.200. The molecule has 0 aliphatic rings. The molecule has 0 heterocycles. The molecule has 0 saturated carbocycles. The predicted molar refractivity (Wildman–Crippen MR) is 89.1 cm³/mol. The van der Waals surface area contributed by atoms with Crippen molar-refractivity contribution in [3.8, 4) is 5.75 Å². The molecule has 0 saturated heterocycles. The Hall–Kier alpha value is -1.39. The van der Waals surface area contributed by atoms with E-state index in [1.165, 1.54) is 0 Å². The quantitative estimate of drug-likeness (QED) is 0.740. The lowest BCUT2D eigenvalue weighted by molar-refractivity contribution is 0.244. The fourth-order valence-corrected chi connectivity index (χ4v) is 2.47. The maximum atomic E-state index is 6.19. The van der Waals surface area contributed by atoms with E-state index in [-0.39, 0.29) is 6.10 Å². The van der Waals surface area contributed by atoms with Crippen molar-refractivity contribution in [3.05, 3.63) is 45.9 Å². The lowest BCUT2D eigenvalue weighted by Gasteiger charge is -2.16. The van der Waals surface area contributed by atoms with Crippen molar-refractivity contribution < 1.29 is 4.74 Å². The zero-order valence-corrected chi connectivity index (χ0v) is 13.6. The number of nitrogens with one attached hydrogen (secondary N) is 1. The molecule has 2 rings (SSSR count). The van der Waals surface area contributed by atoms with Gasteiger partial charge in [-0.25, -0.2) is 0 Å². The van der Waals surface area contributed by atoms with Gasteiger partial charge in [0.2, 0.25) is 0 Å². The van der Waals surface area contributed by atoms with E-state index in [4.69, 9.17) is 22.1 Å². The van der Waals surface area contributed by atoms with Gasteiger partial charge in [-0.05, 0) is 44.2 Å². The molecule has 0 aliphatic carbocycles. The van der Waals surface area contributed by atoms with E-state index in [2.05, 4.69) is 21.2 Å². The Bertz CT molecular complexity index is 617. The van der Waals surface area contributed by atoms with E-state index in [0.29, 0.717) is 16.5 Å². The van der Waals surface area contributed by atoms with Crippen LogP contribution in [0.25, 0.3) is 0 Å². The highest BCUT2D eigenvalue weighted by Crippen LogP contribution is 2.35. The third-order valence-corrected chi connectivity index (χ3v) is 3.44. The van der Waals surface area contributed by atoms with Gasteiger partial charge in [0.05, 0.1) is 28.2 Å². The van der Waals surface area contributed by atoms with Crippen LogP contribution in [0.15, 0.2) is 40.9 Å². The molecule has 0 radical (unpaired) electrons. The van der Waals surface area contributed by atoms with E-state index in [1.54, 1.807) is 0 Å². The first-order valence-electron chi connectivity index (χ1n) is 6.24. The van der Waals surface area contributed by atoms with Crippen molar-refractivity contribution in [3.63, 3.8) is 0 Å². The van der Waals surface area contributed by atoms with Crippen LogP contribution in [0, 0.1) is 0 Å². The number of rotatable bonds is 4. The molecular weight excluding hydrogens is 340 g/mol. The SMILES string of the molecule is CC(C)Oc1cccc(Nc2ccc(Br)cc2Cl)c1N. The summed E-state index contributed by atoms with van der Waals surface area (Å²) in [6.07, 6.45) is 0.0730. The van der Waals surface area contributed by atoms with Crippen LogP contribution < -0.4 is 15.8 Å². The van der Waals surface area contributed by atoms with Crippen molar-refractivity contribution in [1.82, 2.24) is 0 Å². The molecule has 106 valence electrons. The minimum absolute atomic E-state index is 0.0730. The second-order valence-corrected chi connectivity index (χ2v) is 5.96. The van der Waals surface area contributed by atoms with Crippen LogP contribution in [-0.2, 0) is 0 Å². The van der Waals surface area contributed by atoms with Gasteiger partial charge in [-0.15, -0.1) is 0 Å². The van der Waals surface area contributed by atoms with Crippen LogP contribution >= 0.6 is 27.5 Å². The van der Waals surface area contributed by atoms with E-state index in [0.717, 1.165) is 15.8 Å². The Morgan fingerprint density at radius 2 is 1.95 bits per heavy atom. The Balaban J connectivity index is 2.29. The topological polar surface area (TPSA) is 47.3 Å². The van der Waals surface area contributed by atoms with Crippen LogP contribution in [0.4, 0.5) is 17.1 Å². The zero-order chi connectivity index (χ0) is 14.7. The Morgan fingerprint density at radius 3 is 2.60 bits per heavy atom. The summed E-state index contributed by atoms with van der Waals surface area (Å²) >= 11 is 9.57. The van der Waals surface area contributed by atoms with Gasteiger partial charge in [0.15, 0.2) is 0 Å². The summed E-state index contributed by atoms with van der Waals surface area (Å²) in [6, 6.07) is 11.3. The Morgan fingerprint density at radius 1 is 1.20 bits per heavy atom. The summed E-state index contributed by atoms with van der Waals surface area (Å²) in [4.78, 5) is 0. The van der Waals surface area contributed by atoms with Crippen LogP contribution in [0.2, 0.25) is 5.02 Å². The van der Waals surface area contributed by atoms with Crippen LogP contribution in [0.1, 0.15) is 13.8 Å². The van der Waals surface area contributed by atoms with Crippen molar-refractivity contribution in [2.24, 2.45) is 0 Å². The van der Waals surface area contributed by atoms with E-state index in [1.807, 2.05) is 50.2 Å². The van der Waals surface area contributed by atoms with Crippen molar-refractivity contribution >= 4 is 44.6 Å². The average Bonchev–Trinajstić information content (AvgIpc) is 2.36. The lowest BCUT2D eigenvalue weighted by atomic mass is 10.2. The van der Waals surface area contributed by atoms with Gasteiger partial charge in [0, 0.05) is 4.47 Å². The molecule has 0 atom stereocenters. The van der Waals surface area contributed by atoms with Gasteiger partial charge in [-0.3, -0.25) is 0 Å². The van der Waals surface area contributed by atoms with Crippen LogP contribution in [0.3, 0.4) is 0 Å². The monoisotopic (exact) mass is 354 g/mol. The predicted octanol–water partition coefficient (Wildman–Crippen LogP) is 5.22. The maximum Gasteiger partial charge on any atom is 0.144 e. The molecule has 0 bridgehead atoms. The number of hydrogen-bond donors (Lipinski definition) is 2. The van der Waals surface area contributed by atoms with Gasteiger partial charge in [-0.2, -0.15) is 0 Å². The van der Waals surface area contributed by atoms with E-state index < -0.39 is 0 Å². The number of nitrogen functional groups attached to an aromatic ring is 1. The van der Waals surface area contributed by atoms with Gasteiger partial charge in [0.1, 0.15) is 5.75 Å². The highest BCUT2D eigenvalue weighted by molar-refractivity contribution is 9.10. The normalized spacial score (nSPS) is 10.7. The van der Waals surface area contributed by atoms with Gasteiger partial charge in [-0.1, -0.05) is 33.6 Å². The molecule has 0 aromatic heterocycles. The van der Waals surface area contributed by atoms with Crippen LogP contribution in [0.5, 0.6) is 5.75 Å². The number of hydrogen-bond acceptors (Lipinski definition) is 3. The highest BCUT2D eigenvalue weighted by atomic mass is 79.9. The fourth-order valence-electron chi connectivity index (χ4n) is 1.75. The smallest absolute Gasteiger partial charge is 0.144 e. The summed E-state index contributed by atoms with van der Waals surface area (Å²) in [5.74, 6) is 0.665. The third-order valence-electron chi connectivity index (χ3n) is 2.63. The second-order valence-electron chi connectivity index (χ2n) is 4.63. The second kappa shape index (κ2) is 6.37. The number of anilines is 3. The first-order valence-corrected chi connectivity index (χ1v) is 7.41. The molecule has 3 nitrogen and oxygen atoms in total. The minimum Gasteiger partial charge on any atom is -0.489 e. The van der Waals surface area contributed by atoms with Gasteiger partial charge >= 0.3 is 0 Å². The van der Waals surface area contributed by atoms with Gasteiger partial charge in [0.25, 0.3) is 0 Å². The number of nitrogens with two attached hydrogens (primary N) is 1. The largest absolute Gasteiger partial charge is 0.489 e. The Kier molecular flexibility index (Phi) is 4.78. The molecule has 20 heavy (non-hydrogen) atoms. The van der Waals surface area contributed by atoms with Gasteiger partial charge < -0.3 is 15.8 Å². The number of benzene rings is 2. The lowest BCUT2D eigenvalue weighted by Crippen LogP contribution is -2.08. The average molecular weight is 356 g/mol. The molecular formula is C15H16BrClN2O. The van der Waals surface area contributed by atoms with Crippen molar-refractivity contribution in [2.75, 3.05) is 11.1 Å². The van der Waals surface area contributed by atoms with E-state index >= 15 is 0 Å². The Labute approximate surface area is 132 Å². The third kappa shape index (κ3) is 3.58. The molecule has 0 fully saturated rings. The summed E-state index contributed by atoms with van der Waals surface area (Å²) in [5, 5.41) is 3.84. The first-order chi connectivity index (χ1) is 9.47. The summed E-state index contributed by atoms with van der Waals surface area (Å²) in [7, 11) is 0. The number of halogens is 2. The number of para-hydroxylation sites is 1. The highest BCUT2D eigenvalue weighted by Gasteiger charge is 2.09. The minimum atomic E-state index is 0.0730.